The number of rotatable bonds is 6. The number of piperidine rings is 1. The van der Waals surface area contributed by atoms with E-state index >= 15 is 0 Å². The number of hydrogen-bond donors (Lipinski definition) is 2. The highest BCUT2D eigenvalue weighted by Gasteiger charge is 2.18. The van der Waals surface area contributed by atoms with E-state index in [2.05, 4.69) is 10.6 Å². The monoisotopic (exact) mass is 307 g/mol. The van der Waals surface area contributed by atoms with Crippen LogP contribution in [-0.2, 0) is 0 Å². The van der Waals surface area contributed by atoms with E-state index in [1.54, 1.807) is 0 Å². The number of carbonyl (C=O) groups excluding carboxylic acids is 1. The number of amides is 1. The molecule has 2 rings (SSSR count). The number of nitro groups is 1. The summed E-state index contributed by atoms with van der Waals surface area (Å²) in [4.78, 5) is 22.5. The van der Waals surface area contributed by atoms with Gasteiger partial charge >= 0.3 is 5.69 Å². The van der Waals surface area contributed by atoms with Crippen molar-refractivity contribution in [2.45, 2.75) is 19.3 Å². The summed E-state index contributed by atoms with van der Waals surface area (Å²) in [7, 11) is 1.36. The van der Waals surface area contributed by atoms with Gasteiger partial charge in [0.05, 0.1) is 12.0 Å². The summed E-state index contributed by atoms with van der Waals surface area (Å²) in [5.74, 6) is 0.434. The van der Waals surface area contributed by atoms with Gasteiger partial charge in [0.2, 0.25) is 0 Å². The van der Waals surface area contributed by atoms with E-state index in [1.165, 1.54) is 38.2 Å². The number of hydrogen-bond acceptors (Lipinski definition) is 5. The summed E-state index contributed by atoms with van der Waals surface area (Å²) >= 11 is 0. The first-order chi connectivity index (χ1) is 10.6. The minimum absolute atomic E-state index is 0.148. The van der Waals surface area contributed by atoms with Gasteiger partial charge in [-0.15, -0.1) is 0 Å². The molecule has 0 aliphatic carbocycles. The highest BCUT2D eigenvalue weighted by Crippen LogP contribution is 2.27. The molecule has 0 saturated carbocycles. The third-order valence-electron chi connectivity index (χ3n) is 3.87. The van der Waals surface area contributed by atoms with E-state index in [9.17, 15) is 14.9 Å². The fourth-order valence-corrected chi connectivity index (χ4v) is 2.64. The first-order valence-corrected chi connectivity index (χ1v) is 7.43. The standard InChI is InChI=1S/C15H21N3O4/c1-22-14-5-4-12(9-13(14)18(20)21)15(19)17-8-6-11-3-2-7-16-10-11/h4-5,9,11,16H,2-3,6-8,10H2,1H3,(H,17,19). The first kappa shape index (κ1) is 16.2. The van der Waals surface area contributed by atoms with Crippen molar-refractivity contribution in [3.63, 3.8) is 0 Å². The fraction of sp³-hybridized carbons (Fsp3) is 0.533. The topological polar surface area (TPSA) is 93.5 Å². The smallest absolute Gasteiger partial charge is 0.311 e. The molecule has 1 unspecified atom stereocenters. The van der Waals surface area contributed by atoms with Crippen molar-refractivity contribution in [2.75, 3.05) is 26.7 Å². The largest absolute Gasteiger partial charge is 0.490 e. The number of carbonyl (C=O) groups is 1. The molecule has 0 spiro atoms. The van der Waals surface area contributed by atoms with Crippen LogP contribution in [0.25, 0.3) is 0 Å². The van der Waals surface area contributed by atoms with Gasteiger partial charge in [-0.3, -0.25) is 14.9 Å². The van der Waals surface area contributed by atoms with Gasteiger partial charge < -0.3 is 15.4 Å². The molecule has 1 aromatic rings. The van der Waals surface area contributed by atoms with Gasteiger partial charge in [-0.05, 0) is 50.4 Å². The van der Waals surface area contributed by atoms with Crippen LogP contribution in [0.5, 0.6) is 5.75 Å². The molecule has 1 fully saturated rings. The molecule has 1 aliphatic heterocycles. The average Bonchev–Trinajstić information content (AvgIpc) is 2.55. The molecule has 0 radical (unpaired) electrons. The average molecular weight is 307 g/mol. The summed E-state index contributed by atoms with van der Waals surface area (Å²) in [5.41, 5.74) is 0.0703. The summed E-state index contributed by atoms with van der Waals surface area (Å²) in [6.07, 6.45) is 3.26. The number of nitrogens with one attached hydrogen (secondary N) is 2. The van der Waals surface area contributed by atoms with Crippen LogP contribution in [0, 0.1) is 16.0 Å². The molecule has 1 saturated heterocycles. The zero-order valence-electron chi connectivity index (χ0n) is 12.6. The molecule has 0 aromatic heterocycles. The normalized spacial score (nSPS) is 17.8. The van der Waals surface area contributed by atoms with Gasteiger partial charge in [0, 0.05) is 18.2 Å². The highest BCUT2D eigenvalue weighted by atomic mass is 16.6. The van der Waals surface area contributed by atoms with Gasteiger partial charge in [-0.2, -0.15) is 0 Å². The van der Waals surface area contributed by atoms with Crippen LogP contribution in [0.1, 0.15) is 29.6 Å². The van der Waals surface area contributed by atoms with Crippen LogP contribution in [0.2, 0.25) is 0 Å². The Morgan fingerprint density at radius 3 is 3.00 bits per heavy atom. The van der Waals surface area contributed by atoms with E-state index < -0.39 is 4.92 Å². The molecule has 1 amide bonds. The molecule has 1 aliphatic rings. The van der Waals surface area contributed by atoms with Crippen molar-refractivity contribution in [1.29, 1.82) is 0 Å². The number of benzene rings is 1. The van der Waals surface area contributed by atoms with E-state index in [0.29, 0.717) is 12.5 Å². The van der Waals surface area contributed by atoms with E-state index in [1.807, 2.05) is 0 Å². The second-order valence-corrected chi connectivity index (χ2v) is 5.40. The van der Waals surface area contributed by atoms with Gasteiger partial charge in [-0.25, -0.2) is 0 Å². The van der Waals surface area contributed by atoms with Crippen molar-refractivity contribution in [3.8, 4) is 5.75 Å². The van der Waals surface area contributed by atoms with Gasteiger partial charge in [0.1, 0.15) is 0 Å². The molecule has 1 heterocycles. The van der Waals surface area contributed by atoms with Crippen LogP contribution >= 0.6 is 0 Å². The minimum Gasteiger partial charge on any atom is -0.490 e. The molecular formula is C15H21N3O4. The Labute approximate surface area is 129 Å². The molecule has 0 bridgehead atoms. The number of ether oxygens (including phenoxy) is 1. The van der Waals surface area contributed by atoms with Gasteiger partial charge in [-0.1, -0.05) is 0 Å². The Morgan fingerprint density at radius 1 is 1.55 bits per heavy atom. The fourth-order valence-electron chi connectivity index (χ4n) is 2.64. The predicted molar refractivity (Wildman–Crippen MR) is 82.2 cm³/mol. The van der Waals surface area contributed by atoms with Crippen molar-refractivity contribution < 1.29 is 14.5 Å². The molecular weight excluding hydrogens is 286 g/mol. The van der Waals surface area contributed by atoms with E-state index in [0.717, 1.165) is 19.5 Å². The zero-order chi connectivity index (χ0) is 15.9. The predicted octanol–water partition coefficient (Wildman–Crippen LogP) is 1.72. The zero-order valence-corrected chi connectivity index (χ0v) is 12.6. The molecule has 1 atom stereocenters. The molecule has 120 valence electrons. The maximum atomic E-state index is 12.1. The van der Waals surface area contributed by atoms with Crippen molar-refractivity contribution >= 4 is 11.6 Å². The lowest BCUT2D eigenvalue weighted by molar-refractivity contribution is -0.385. The third kappa shape index (κ3) is 4.17. The Bertz CT molecular complexity index is 542. The minimum atomic E-state index is -0.552. The SMILES string of the molecule is COc1ccc(C(=O)NCCC2CCCNC2)cc1[N+](=O)[O-]. The van der Waals surface area contributed by atoms with E-state index in [4.69, 9.17) is 4.74 Å². The molecule has 22 heavy (non-hydrogen) atoms. The van der Waals surface area contributed by atoms with Gasteiger partial charge in [0.25, 0.3) is 5.91 Å². The maximum absolute atomic E-state index is 12.1. The lowest BCUT2D eigenvalue weighted by Gasteiger charge is -2.22. The Morgan fingerprint density at radius 2 is 2.36 bits per heavy atom. The van der Waals surface area contributed by atoms with Crippen molar-refractivity contribution in [1.82, 2.24) is 10.6 Å². The quantitative estimate of drug-likeness (QED) is 0.616. The van der Waals surface area contributed by atoms with E-state index in [-0.39, 0.29) is 22.9 Å². The van der Waals surface area contributed by atoms with Crippen LogP contribution in [-0.4, -0.2) is 37.6 Å². The second kappa shape index (κ2) is 7.74. The van der Waals surface area contributed by atoms with Crippen molar-refractivity contribution in [2.24, 2.45) is 5.92 Å². The van der Waals surface area contributed by atoms with Crippen LogP contribution < -0.4 is 15.4 Å². The molecule has 7 nitrogen and oxygen atoms in total. The third-order valence-corrected chi connectivity index (χ3v) is 3.87. The Balaban J connectivity index is 1.91. The lowest BCUT2D eigenvalue weighted by atomic mass is 9.96. The Hall–Kier alpha value is -2.15. The molecule has 7 heteroatoms. The van der Waals surface area contributed by atoms with Crippen LogP contribution in [0.15, 0.2) is 18.2 Å². The van der Waals surface area contributed by atoms with Crippen LogP contribution in [0.4, 0.5) is 5.69 Å². The molecule has 1 aromatic carbocycles. The van der Waals surface area contributed by atoms with Crippen LogP contribution in [0.3, 0.4) is 0 Å². The first-order valence-electron chi connectivity index (χ1n) is 7.43. The summed E-state index contributed by atoms with van der Waals surface area (Å²) in [6, 6.07) is 4.22. The maximum Gasteiger partial charge on any atom is 0.311 e. The summed E-state index contributed by atoms with van der Waals surface area (Å²) in [6.45, 7) is 2.63. The Kier molecular flexibility index (Phi) is 5.71. The second-order valence-electron chi connectivity index (χ2n) is 5.40. The molecule has 2 N–H and O–H groups in total. The number of nitrogens with zero attached hydrogens (tertiary/aromatic N) is 1. The summed E-state index contributed by atoms with van der Waals surface area (Å²) < 4.78 is 4.92. The highest BCUT2D eigenvalue weighted by molar-refractivity contribution is 5.95. The lowest BCUT2D eigenvalue weighted by Crippen LogP contribution is -2.33. The summed E-state index contributed by atoms with van der Waals surface area (Å²) in [5, 5.41) is 17.1. The number of nitro benzene ring substituents is 1. The van der Waals surface area contributed by atoms with Gasteiger partial charge in [0.15, 0.2) is 5.75 Å². The number of methoxy groups -OCH3 is 1. The van der Waals surface area contributed by atoms with Crippen molar-refractivity contribution in [3.05, 3.63) is 33.9 Å².